The number of nitrogens with zero attached hydrogens (tertiary/aromatic N) is 2. The van der Waals surface area contributed by atoms with Crippen molar-refractivity contribution in [2.45, 2.75) is 13.3 Å². The van der Waals surface area contributed by atoms with Crippen LogP contribution in [0.25, 0.3) is 0 Å². The van der Waals surface area contributed by atoms with Gasteiger partial charge in [0.15, 0.2) is 0 Å². The Morgan fingerprint density at radius 2 is 2.40 bits per heavy atom. The molecule has 1 aliphatic heterocycles. The second kappa shape index (κ2) is 7.28. The molecule has 0 saturated carbocycles. The first-order valence-corrected chi connectivity index (χ1v) is 7.68. The van der Waals surface area contributed by atoms with Crippen molar-refractivity contribution >= 4 is 33.4 Å². The monoisotopic (exact) mass is 340 g/mol. The Kier molecular flexibility index (Phi) is 5.40. The third-order valence-corrected chi connectivity index (χ3v) is 3.38. The van der Waals surface area contributed by atoms with Crippen LogP contribution in [0, 0.1) is 0 Å². The molecular formula is C14H17BrN2O3. The van der Waals surface area contributed by atoms with Crippen LogP contribution in [-0.4, -0.2) is 36.9 Å². The number of rotatable bonds is 6. The van der Waals surface area contributed by atoms with Crippen LogP contribution in [0.15, 0.2) is 29.4 Å². The van der Waals surface area contributed by atoms with Crippen molar-refractivity contribution in [2.24, 2.45) is 5.16 Å². The number of anilines is 1. The van der Waals surface area contributed by atoms with Crippen LogP contribution >= 0.6 is 15.9 Å². The zero-order chi connectivity index (χ0) is 14.4. The van der Waals surface area contributed by atoms with Crippen LogP contribution in [0.4, 0.5) is 10.5 Å². The predicted molar refractivity (Wildman–Crippen MR) is 81.7 cm³/mol. The molecule has 1 aliphatic rings. The number of halogens is 1. The summed E-state index contributed by atoms with van der Waals surface area (Å²) in [6.45, 7) is 3.63. The number of ether oxygens (including phenoxy) is 1. The average Bonchev–Trinajstić information content (AvgIpc) is 2.90. The van der Waals surface area contributed by atoms with Crippen molar-refractivity contribution in [2.75, 3.05) is 30.0 Å². The molecule has 0 aliphatic carbocycles. The van der Waals surface area contributed by atoms with E-state index in [-0.39, 0.29) is 6.09 Å². The normalized spacial score (nSPS) is 15.4. The lowest BCUT2D eigenvalue weighted by molar-refractivity contribution is 0.145. The van der Waals surface area contributed by atoms with Crippen molar-refractivity contribution < 1.29 is 14.4 Å². The first-order valence-electron chi connectivity index (χ1n) is 6.55. The molecular weight excluding hydrogens is 324 g/mol. The van der Waals surface area contributed by atoms with Crippen molar-refractivity contribution in [1.29, 1.82) is 0 Å². The minimum Gasteiger partial charge on any atom is -0.447 e. The van der Waals surface area contributed by atoms with Crippen molar-refractivity contribution in [3.05, 3.63) is 29.8 Å². The zero-order valence-corrected chi connectivity index (χ0v) is 12.9. The van der Waals surface area contributed by atoms with Gasteiger partial charge >= 0.3 is 6.09 Å². The summed E-state index contributed by atoms with van der Waals surface area (Å²) in [5.74, 6) is 0. The molecule has 1 heterocycles. The van der Waals surface area contributed by atoms with E-state index in [0.29, 0.717) is 25.1 Å². The maximum absolute atomic E-state index is 11.6. The van der Waals surface area contributed by atoms with E-state index in [9.17, 15) is 4.79 Å². The molecule has 6 heteroatoms. The van der Waals surface area contributed by atoms with Gasteiger partial charge in [-0.2, -0.15) is 0 Å². The molecule has 1 saturated heterocycles. The number of alkyl halides is 1. The van der Waals surface area contributed by atoms with E-state index in [1.807, 2.05) is 31.2 Å². The fraction of sp³-hybridized carbons (Fsp3) is 0.429. The molecule has 0 bridgehead atoms. The number of hydrogen-bond acceptors (Lipinski definition) is 4. The maximum atomic E-state index is 11.6. The third kappa shape index (κ3) is 3.50. The summed E-state index contributed by atoms with van der Waals surface area (Å²) < 4.78 is 4.95. The van der Waals surface area contributed by atoms with Crippen LogP contribution < -0.4 is 4.90 Å². The molecule has 0 aromatic heterocycles. The maximum Gasteiger partial charge on any atom is 0.414 e. The van der Waals surface area contributed by atoms with Gasteiger partial charge in [-0.25, -0.2) is 4.79 Å². The Hall–Kier alpha value is -1.56. The van der Waals surface area contributed by atoms with E-state index in [1.165, 1.54) is 0 Å². The van der Waals surface area contributed by atoms with E-state index in [0.717, 1.165) is 23.4 Å². The van der Waals surface area contributed by atoms with Crippen LogP contribution in [-0.2, 0) is 9.57 Å². The van der Waals surface area contributed by atoms with Crippen molar-refractivity contribution in [1.82, 2.24) is 0 Å². The van der Waals surface area contributed by atoms with Gasteiger partial charge in [-0.3, -0.25) is 4.90 Å². The van der Waals surface area contributed by atoms with E-state index >= 15 is 0 Å². The Bertz CT molecular complexity index is 505. The molecule has 1 aromatic rings. The summed E-state index contributed by atoms with van der Waals surface area (Å²) >= 11 is 3.41. The van der Waals surface area contributed by atoms with Crippen molar-refractivity contribution in [3.8, 4) is 0 Å². The summed E-state index contributed by atoms with van der Waals surface area (Å²) in [6, 6.07) is 7.64. The zero-order valence-electron chi connectivity index (χ0n) is 11.3. The van der Waals surface area contributed by atoms with Gasteiger partial charge in [-0.1, -0.05) is 40.1 Å². The topological polar surface area (TPSA) is 51.1 Å². The fourth-order valence-electron chi connectivity index (χ4n) is 1.85. The summed E-state index contributed by atoms with van der Waals surface area (Å²) in [4.78, 5) is 18.4. The molecule has 2 rings (SSSR count). The SMILES string of the molecule is CCCON=C(CBr)c1cccc(N2CCOC2=O)c1. The van der Waals surface area contributed by atoms with Gasteiger partial charge in [0.1, 0.15) is 13.2 Å². The number of amides is 1. The van der Waals surface area contributed by atoms with Gasteiger partial charge in [0.05, 0.1) is 12.3 Å². The first kappa shape index (κ1) is 14.8. The summed E-state index contributed by atoms with van der Waals surface area (Å²) in [7, 11) is 0. The average molecular weight is 341 g/mol. The summed E-state index contributed by atoms with van der Waals surface area (Å²) in [5.41, 5.74) is 2.54. The highest BCUT2D eigenvalue weighted by Crippen LogP contribution is 2.20. The van der Waals surface area contributed by atoms with E-state index < -0.39 is 0 Å². The van der Waals surface area contributed by atoms with Crippen LogP contribution in [0.1, 0.15) is 18.9 Å². The minimum absolute atomic E-state index is 0.304. The molecule has 1 aromatic carbocycles. The molecule has 0 N–H and O–H groups in total. The minimum atomic E-state index is -0.304. The number of hydrogen-bond donors (Lipinski definition) is 0. The van der Waals surface area contributed by atoms with Crippen LogP contribution in [0.5, 0.6) is 0 Å². The number of carbonyl (C=O) groups is 1. The van der Waals surface area contributed by atoms with Gasteiger partial charge in [0.25, 0.3) is 0 Å². The number of cyclic esters (lactones) is 1. The van der Waals surface area contributed by atoms with Gasteiger partial charge in [0.2, 0.25) is 0 Å². The molecule has 1 amide bonds. The lowest BCUT2D eigenvalue weighted by Crippen LogP contribution is -2.23. The highest BCUT2D eigenvalue weighted by Gasteiger charge is 2.23. The third-order valence-electron chi connectivity index (χ3n) is 2.85. The highest BCUT2D eigenvalue weighted by atomic mass is 79.9. The van der Waals surface area contributed by atoms with E-state index in [2.05, 4.69) is 21.1 Å². The number of oxime groups is 1. The Morgan fingerprint density at radius 1 is 1.55 bits per heavy atom. The Balaban J connectivity index is 2.19. The summed E-state index contributed by atoms with van der Waals surface area (Å²) in [5, 5.41) is 4.71. The van der Waals surface area contributed by atoms with E-state index in [1.54, 1.807) is 4.90 Å². The Labute approximate surface area is 126 Å². The van der Waals surface area contributed by atoms with Crippen LogP contribution in [0.2, 0.25) is 0 Å². The molecule has 0 unspecified atom stereocenters. The number of benzene rings is 1. The highest BCUT2D eigenvalue weighted by molar-refractivity contribution is 9.09. The predicted octanol–water partition coefficient (Wildman–Crippen LogP) is 3.17. The van der Waals surface area contributed by atoms with E-state index in [4.69, 9.17) is 9.57 Å². The molecule has 108 valence electrons. The number of carbonyl (C=O) groups excluding carboxylic acids is 1. The lowest BCUT2D eigenvalue weighted by Gasteiger charge is -2.14. The van der Waals surface area contributed by atoms with Crippen LogP contribution in [0.3, 0.4) is 0 Å². The molecule has 0 radical (unpaired) electrons. The smallest absolute Gasteiger partial charge is 0.414 e. The van der Waals surface area contributed by atoms with Crippen molar-refractivity contribution in [3.63, 3.8) is 0 Å². The molecule has 5 nitrogen and oxygen atoms in total. The lowest BCUT2D eigenvalue weighted by atomic mass is 10.1. The van der Waals surface area contributed by atoms with Gasteiger partial charge < -0.3 is 9.57 Å². The summed E-state index contributed by atoms with van der Waals surface area (Å²) in [6.07, 6.45) is 0.611. The second-order valence-electron chi connectivity index (χ2n) is 4.32. The van der Waals surface area contributed by atoms with Gasteiger partial charge in [-0.15, -0.1) is 0 Å². The standard InChI is InChI=1S/C14H17BrN2O3/c1-2-7-20-16-13(10-15)11-4-3-5-12(9-11)17-6-8-19-14(17)18/h3-5,9H,2,6-8,10H2,1H3. The second-order valence-corrected chi connectivity index (χ2v) is 4.88. The Morgan fingerprint density at radius 3 is 3.05 bits per heavy atom. The fourth-order valence-corrected chi connectivity index (χ4v) is 2.28. The first-order chi connectivity index (χ1) is 9.76. The van der Waals surface area contributed by atoms with Gasteiger partial charge in [-0.05, 0) is 18.6 Å². The molecule has 1 fully saturated rings. The molecule has 20 heavy (non-hydrogen) atoms. The largest absolute Gasteiger partial charge is 0.447 e. The quantitative estimate of drug-likeness (QED) is 0.346. The molecule has 0 atom stereocenters. The molecule has 0 spiro atoms. The van der Waals surface area contributed by atoms with Gasteiger partial charge in [0, 0.05) is 16.6 Å².